The van der Waals surface area contributed by atoms with E-state index in [4.69, 9.17) is 4.52 Å². The number of benzene rings is 2. The molecule has 7 heteroatoms. The van der Waals surface area contributed by atoms with Crippen LogP contribution in [0.25, 0.3) is 0 Å². The number of aromatic nitrogens is 1. The third-order valence-electron chi connectivity index (χ3n) is 4.67. The normalized spacial score (nSPS) is 14.8. The van der Waals surface area contributed by atoms with E-state index in [2.05, 4.69) is 31.7 Å². The molecule has 0 unspecified atom stereocenters. The van der Waals surface area contributed by atoms with Gasteiger partial charge in [0, 0.05) is 34.4 Å². The lowest BCUT2D eigenvalue weighted by Gasteiger charge is -2.06. The molecule has 0 aliphatic carbocycles. The average molecular weight is 452 g/mol. The van der Waals surface area contributed by atoms with Crippen molar-refractivity contribution in [3.8, 4) is 0 Å². The second-order valence-electron chi connectivity index (χ2n) is 6.74. The summed E-state index contributed by atoms with van der Waals surface area (Å²) in [6.07, 6.45) is 3.23. The van der Waals surface area contributed by atoms with Crippen LogP contribution in [0.4, 0.5) is 5.69 Å². The standard InChI is InChI=1S/C22H18BrN3O3/c23-17-9-8-15-6-7-16(21(27)25-19(15)11-17)13-24-22(28)20-12-18(29-26-20)10-14-4-2-1-3-5-14/h1-5,8-9,11-13H,6-7,10H2,(H,24,28)(H,25,27)/b16-13-. The molecule has 1 aliphatic heterocycles. The van der Waals surface area contributed by atoms with Gasteiger partial charge in [0.25, 0.3) is 11.8 Å². The van der Waals surface area contributed by atoms with Crippen LogP contribution in [-0.4, -0.2) is 17.0 Å². The first-order valence-corrected chi connectivity index (χ1v) is 9.97. The number of hydrogen-bond acceptors (Lipinski definition) is 4. The maximum atomic E-state index is 12.5. The number of anilines is 1. The molecule has 0 radical (unpaired) electrons. The lowest BCUT2D eigenvalue weighted by atomic mass is 10.1. The van der Waals surface area contributed by atoms with Crippen LogP contribution in [0.3, 0.4) is 0 Å². The van der Waals surface area contributed by atoms with Crippen LogP contribution >= 0.6 is 15.9 Å². The van der Waals surface area contributed by atoms with Crippen molar-refractivity contribution in [2.24, 2.45) is 0 Å². The van der Waals surface area contributed by atoms with Gasteiger partial charge in [0.2, 0.25) is 0 Å². The van der Waals surface area contributed by atoms with Gasteiger partial charge in [-0.25, -0.2) is 0 Å². The van der Waals surface area contributed by atoms with Gasteiger partial charge in [-0.15, -0.1) is 0 Å². The second kappa shape index (κ2) is 8.45. The highest BCUT2D eigenvalue weighted by atomic mass is 79.9. The molecule has 0 spiro atoms. The first kappa shape index (κ1) is 19.1. The second-order valence-corrected chi connectivity index (χ2v) is 7.66. The van der Waals surface area contributed by atoms with Crippen molar-refractivity contribution in [2.75, 3.05) is 5.32 Å². The Kier molecular flexibility index (Phi) is 5.57. The summed E-state index contributed by atoms with van der Waals surface area (Å²) >= 11 is 3.41. The molecule has 1 aliphatic rings. The van der Waals surface area contributed by atoms with Crippen LogP contribution in [0.15, 0.2) is 75.4 Å². The van der Waals surface area contributed by atoms with Gasteiger partial charge < -0.3 is 15.2 Å². The fourth-order valence-corrected chi connectivity index (χ4v) is 3.49. The molecule has 0 fully saturated rings. The maximum absolute atomic E-state index is 12.5. The Morgan fingerprint density at radius 1 is 1.17 bits per heavy atom. The quantitative estimate of drug-likeness (QED) is 0.581. The molecule has 2 amide bonds. The van der Waals surface area contributed by atoms with Gasteiger partial charge >= 0.3 is 0 Å². The zero-order chi connectivity index (χ0) is 20.2. The van der Waals surface area contributed by atoms with Crippen molar-refractivity contribution in [1.82, 2.24) is 10.5 Å². The molecule has 0 saturated carbocycles. The Bertz CT molecular complexity index is 1090. The van der Waals surface area contributed by atoms with Crippen LogP contribution in [0, 0.1) is 0 Å². The smallest absolute Gasteiger partial charge is 0.277 e. The average Bonchev–Trinajstić information content (AvgIpc) is 3.12. The Balaban J connectivity index is 1.41. The van der Waals surface area contributed by atoms with E-state index in [0.717, 1.165) is 21.3 Å². The SMILES string of the molecule is O=C1Nc2cc(Br)ccc2CC/C1=C/NC(=O)c1cc(Cc2ccccc2)on1. The van der Waals surface area contributed by atoms with E-state index in [1.54, 1.807) is 6.07 Å². The molecular formula is C22H18BrN3O3. The predicted octanol–water partition coefficient (Wildman–Crippen LogP) is 4.23. The number of fused-ring (bicyclic) bond motifs is 1. The van der Waals surface area contributed by atoms with Gasteiger partial charge in [-0.2, -0.15) is 0 Å². The molecule has 0 saturated heterocycles. The van der Waals surface area contributed by atoms with Crippen molar-refractivity contribution in [3.05, 3.63) is 93.4 Å². The summed E-state index contributed by atoms with van der Waals surface area (Å²) in [6, 6.07) is 17.2. The van der Waals surface area contributed by atoms with E-state index >= 15 is 0 Å². The summed E-state index contributed by atoms with van der Waals surface area (Å²) < 4.78 is 6.16. The molecule has 0 bridgehead atoms. The van der Waals surface area contributed by atoms with E-state index in [-0.39, 0.29) is 11.6 Å². The Morgan fingerprint density at radius 2 is 2.00 bits per heavy atom. The number of amides is 2. The minimum atomic E-state index is -0.419. The molecule has 2 aromatic carbocycles. The Labute approximate surface area is 176 Å². The Hall–Kier alpha value is -3.19. The number of aryl methyl sites for hydroxylation is 1. The lowest BCUT2D eigenvalue weighted by Crippen LogP contribution is -2.21. The van der Waals surface area contributed by atoms with Crippen molar-refractivity contribution in [1.29, 1.82) is 0 Å². The van der Waals surface area contributed by atoms with Gasteiger partial charge in [-0.05, 0) is 36.1 Å². The molecule has 1 aromatic heterocycles. The van der Waals surface area contributed by atoms with E-state index in [9.17, 15) is 9.59 Å². The topological polar surface area (TPSA) is 84.2 Å². The third-order valence-corrected chi connectivity index (χ3v) is 5.16. The van der Waals surface area contributed by atoms with Crippen LogP contribution in [-0.2, 0) is 17.6 Å². The highest BCUT2D eigenvalue weighted by molar-refractivity contribution is 9.10. The number of nitrogens with zero attached hydrogens (tertiary/aromatic N) is 1. The first-order chi connectivity index (χ1) is 14.1. The summed E-state index contributed by atoms with van der Waals surface area (Å²) in [5.41, 5.74) is 3.58. The van der Waals surface area contributed by atoms with E-state index in [0.29, 0.717) is 30.6 Å². The maximum Gasteiger partial charge on any atom is 0.277 e. The number of nitrogens with one attached hydrogen (secondary N) is 2. The number of carbonyl (C=O) groups is 2. The fourth-order valence-electron chi connectivity index (χ4n) is 3.13. The fraction of sp³-hybridized carbons (Fsp3) is 0.136. The number of halogens is 1. The molecule has 2 heterocycles. The van der Waals surface area contributed by atoms with Crippen molar-refractivity contribution in [2.45, 2.75) is 19.3 Å². The highest BCUT2D eigenvalue weighted by Gasteiger charge is 2.19. The molecule has 6 nitrogen and oxygen atoms in total. The van der Waals surface area contributed by atoms with Crippen LogP contribution < -0.4 is 10.6 Å². The molecule has 3 aromatic rings. The van der Waals surface area contributed by atoms with E-state index < -0.39 is 5.91 Å². The van der Waals surface area contributed by atoms with Crippen LogP contribution in [0.5, 0.6) is 0 Å². The monoisotopic (exact) mass is 451 g/mol. The van der Waals surface area contributed by atoms with Crippen molar-refractivity contribution < 1.29 is 14.1 Å². The molecule has 29 heavy (non-hydrogen) atoms. The van der Waals surface area contributed by atoms with Gasteiger partial charge in [-0.1, -0.05) is 57.5 Å². The molecular weight excluding hydrogens is 434 g/mol. The molecule has 0 atom stereocenters. The molecule has 146 valence electrons. The number of hydrogen-bond donors (Lipinski definition) is 2. The number of rotatable bonds is 4. The van der Waals surface area contributed by atoms with E-state index in [1.807, 2.05) is 48.5 Å². The van der Waals surface area contributed by atoms with Gasteiger partial charge in [-0.3, -0.25) is 9.59 Å². The van der Waals surface area contributed by atoms with Crippen molar-refractivity contribution in [3.63, 3.8) is 0 Å². The summed E-state index contributed by atoms with van der Waals surface area (Å²) in [6.45, 7) is 0. The lowest BCUT2D eigenvalue weighted by molar-refractivity contribution is -0.112. The summed E-state index contributed by atoms with van der Waals surface area (Å²) in [7, 11) is 0. The van der Waals surface area contributed by atoms with Crippen molar-refractivity contribution >= 4 is 33.4 Å². The summed E-state index contributed by atoms with van der Waals surface area (Å²) in [4.78, 5) is 24.9. The van der Waals surface area contributed by atoms with Crippen LogP contribution in [0.2, 0.25) is 0 Å². The predicted molar refractivity (Wildman–Crippen MR) is 112 cm³/mol. The zero-order valence-electron chi connectivity index (χ0n) is 15.4. The summed E-state index contributed by atoms with van der Waals surface area (Å²) in [5.74, 6) is -0.0489. The number of carbonyl (C=O) groups excluding carboxylic acids is 2. The van der Waals surface area contributed by atoms with Crippen LogP contribution in [0.1, 0.15) is 33.8 Å². The first-order valence-electron chi connectivity index (χ1n) is 9.18. The van der Waals surface area contributed by atoms with E-state index in [1.165, 1.54) is 6.20 Å². The highest BCUT2D eigenvalue weighted by Crippen LogP contribution is 2.27. The molecule has 4 rings (SSSR count). The Morgan fingerprint density at radius 3 is 2.83 bits per heavy atom. The minimum absolute atomic E-state index is 0.175. The third kappa shape index (κ3) is 4.63. The van der Waals surface area contributed by atoms with Gasteiger partial charge in [0.1, 0.15) is 5.76 Å². The summed E-state index contributed by atoms with van der Waals surface area (Å²) in [5, 5.41) is 9.37. The van der Waals surface area contributed by atoms with Gasteiger partial charge in [0.05, 0.1) is 0 Å². The minimum Gasteiger partial charge on any atom is -0.360 e. The van der Waals surface area contributed by atoms with Gasteiger partial charge in [0.15, 0.2) is 5.69 Å². The molecule has 2 N–H and O–H groups in total. The largest absolute Gasteiger partial charge is 0.360 e. The zero-order valence-corrected chi connectivity index (χ0v) is 17.0.